The maximum atomic E-state index is 15.1. The molecule has 1 saturated carbocycles. The molecular weight excluding hydrogens is 516 g/mol. The Morgan fingerprint density at radius 1 is 1.15 bits per heavy atom. The number of nitrogens with one attached hydrogen (secondary N) is 1. The zero-order chi connectivity index (χ0) is 27.9. The van der Waals surface area contributed by atoms with Crippen LogP contribution in [0.15, 0.2) is 48.7 Å². The minimum atomic E-state index is -4.46. The fraction of sp³-hybridized carbons (Fsp3) is 0.321. The molecule has 1 atom stereocenters. The molecule has 39 heavy (non-hydrogen) atoms. The van der Waals surface area contributed by atoms with Crippen LogP contribution in [0.2, 0.25) is 0 Å². The highest BCUT2D eigenvalue weighted by Crippen LogP contribution is 2.38. The molecule has 0 unspecified atom stereocenters. The second-order valence-electron chi connectivity index (χ2n) is 9.89. The number of carbonyl (C=O) groups is 1. The quantitative estimate of drug-likeness (QED) is 0.189. The summed E-state index contributed by atoms with van der Waals surface area (Å²) in [6.45, 7) is 3.95. The molecule has 2 aromatic heterocycles. The van der Waals surface area contributed by atoms with E-state index in [1.165, 1.54) is 18.2 Å². The molecule has 1 aliphatic rings. The third-order valence-corrected chi connectivity index (χ3v) is 7.14. The third-order valence-electron chi connectivity index (χ3n) is 7.14. The van der Waals surface area contributed by atoms with Crippen LogP contribution in [0.25, 0.3) is 22.2 Å². The Hall–Kier alpha value is -4.15. The number of rotatable bonds is 7. The molecule has 0 saturated heterocycles. The second-order valence-corrected chi connectivity index (χ2v) is 9.89. The molecule has 5 rings (SSSR count). The van der Waals surface area contributed by atoms with E-state index < -0.39 is 29.7 Å². The maximum Gasteiger partial charge on any atom is 0.513 e. The van der Waals surface area contributed by atoms with Crippen LogP contribution in [-0.2, 0) is 12.7 Å². The first kappa shape index (κ1) is 26.5. The molecule has 2 N–H and O–H groups in total. The van der Waals surface area contributed by atoms with E-state index in [9.17, 15) is 23.1 Å². The first-order valence-corrected chi connectivity index (χ1v) is 12.5. The second kappa shape index (κ2) is 10.2. The van der Waals surface area contributed by atoms with Gasteiger partial charge in [0.25, 0.3) is 0 Å². The third kappa shape index (κ3) is 5.52. The number of alkyl halides is 3. The van der Waals surface area contributed by atoms with Gasteiger partial charge in [0.15, 0.2) is 5.82 Å². The van der Waals surface area contributed by atoms with Crippen LogP contribution in [0.4, 0.5) is 28.2 Å². The molecule has 7 nitrogen and oxygen atoms in total. The van der Waals surface area contributed by atoms with Crippen molar-refractivity contribution in [1.82, 2.24) is 14.5 Å². The van der Waals surface area contributed by atoms with Gasteiger partial charge in [-0.2, -0.15) is 23.1 Å². The molecule has 0 radical (unpaired) electrons. The highest BCUT2D eigenvalue weighted by atomic mass is 19.4. The van der Waals surface area contributed by atoms with Crippen molar-refractivity contribution in [3.8, 4) is 17.1 Å². The molecule has 0 spiro atoms. The zero-order valence-electron chi connectivity index (χ0n) is 21.2. The monoisotopic (exact) mass is 542 g/mol. The topological polar surface area (TPSA) is 89.3 Å². The number of anilines is 1. The van der Waals surface area contributed by atoms with Crippen molar-refractivity contribution in [3.63, 3.8) is 0 Å². The van der Waals surface area contributed by atoms with Gasteiger partial charge < -0.3 is 19.7 Å². The summed E-state index contributed by atoms with van der Waals surface area (Å²) >= 11 is 0. The number of ether oxygens (including phenoxy) is 1. The van der Waals surface area contributed by atoms with Crippen molar-refractivity contribution in [2.24, 2.45) is 5.92 Å². The van der Waals surface area contributed by atoms with E-state index in [1.54, 1.807) is 22.9 Å². The highest BCUT2D eigenvalue weighted by molar-refractivity contribution is 5.99. The molecule has 0 aliphatic heterocycles. The van der Waals surface area contributed by atoms with Gasteiger partial charge >= 0.3 is 18.3 Å². The van der Waals surface area contributed by atoms with E-state index in [0.717, 1.165) is 37.0 Å². The van der Waals surface area contributed by atoms with E-state index in [1.807, 2.05) is 13.8 Å². The summed E-state index contributed by atoms with van der Waals surface area (Å²) in [6, 6.07) is 8.96. The molecule has 1 aliphatic carbocycles. The van der Waals surface area contributed by atoms with Crippen molar-refractivity contribution in [2.45, 2.75) is 51.9 Å². The van der Waals surface area contributed by atoms with E-state index in [-0.39, 0.29) is 23.7 Å². The number of halogens is 4. The van der Waals surface area contributed by atoms with Crippen molar-refractivity contribution >= 4 is 23.0 Å². The number of nitrogens with zero attached hydrogens (tertiary/aromatic N) is 3. The molecular formula is C28H26F4N4O3. The SMILES string of the molecule is Cc1ccc(F)c(-c2cn(Cc3ccc(C(F)(F)F)cc3)c3c(N[C@H](C)C4CCC4)nc(OC(=O)O)nc23)c1. The number of hydrogen-bond acceptors (Lipinski definition) is 5. The summed E-state index contributed by atoms with van der Waals surface area (Å²) in [5.74, 6) is 0.179. The average molecular weight is 543 g/mol. The maximum absolute atomic E-state index is 15.1. The van der Waals surface area contributed by atoms with Crippen molar-refractivity contribution in [2.75, 3.05) is 5.32 Å². The molecule has 1 fully saturated rings. The van der Waals surface area contributed by atoms with Crippen LogP contribution < -0.4 is 10.1 Å². The van der Waals surface area contributed by atoms with Gasteiger partial charge in [0.05, 0.1) is 5.56 Å². The molecule has 0 bridgehead atoms. The van der Waals surface area contributed by atoms with Crippen LogP contribution in [0, 0.1) is 18.7 Å². The van der Waals surface area contributed by atoms with E-state index in [4.69, 9.17) is 4.74 Å². The van der Waals surface area contributed by atoms with Gasteiger partial charge in [-0.25, -0.2) is 9.18 Å². The Balaban J connectivity index is 1.69. The zero-order valence-corrected chi connectivity index (χ0v) is 21.2. The minimum Gasteiger partial charge on any atom is -0.449 e. The van der Waals surface area contributed by atoms with Crippen LogP contribution >= 0.6 is 0 Å². The number of benzene rings is 2. The summed E-state index contributed by atoms with van der Waals surface area (Å²) in [7, 11) is 0. The fourth-order valence-electron chi connectivity index (χ4n) is 4.84. The summed E-state index contributed by atoms with van der Waals surface area (Å²) in [5.41, 5.74) is 1.92. The largest absolute Gasteiger partial charge is 0.513 e. The van der Waals surface area contributed by atoms with Gasteiger partial charge in [-0.15, -0.1) is 0 Å². The summed E-state index contributed by atoms with van der Waals surface area (Å²) in [5, 5.41) is 12.6. The van der Waals surface area contributed by atoms with Crippen LogP contribution in [0.5, 0.6) is 6.01 Å². The first-order chi connectivity index (χ1) is 18.5. The van der Waals surface area contributed by atoms with Gasteiger partial charge in [-0.05, 0) is 62.4 Å². The number of carboxylic acid groups (broad SMARTS) is 1. The van der Waals surface area contributed by atoms with Crippen LogP contribution in [0.3, 0.4) is 0 Å². The summed E-state index contributed by atoms with van der Waals surface area (Å²) in [6.07, 6.45) is -1.22. The number of fused-ring (bicyclic) bond motifs is 1. The van der Waals surface area contributed by atoms with Crippen molar-refractivity contribution in [3.05, 3.63) is 71.2 Å². The molecule has 11 heteroatoms. The van der Waals surface area contributed by atoms with Crippen molar-refractivity contribution < 1.29 is 32.2 Å². The number of hydrogen-bond donors (Lipinski definition) is 2. The Morgan fingerprint density at radius 3 is 2.49 bits per heavy atom. The average Bonchev–Trinajstić information content (AvgIpc) is 3.17. The van der Waals surface area contributed by atoms with Gasteiger partial charge in [-0.3, -0.25) is 0 Å². The summed E-state index contributed by atoms with van der Waals surface area (Å²) < 4.78 is 60.9. The van der Waals surface area contributed by atoms with Gasteiger partial charge in [-0.1, -0.05) is 30.2 Å². The van der Waals surface area contributed by atoms with E-state index in [0.29, 0.717) is 28.4 Å². The number of aromatic nitrogens is 3. The standard InChI is InChI=1S/C28H26F4N4O3/c1-15-6-11-22(29)20(12-15)21-14-36(13-17-7-9-19(10-8-17)28(30,31)32)24-23(21)34-26(39-27(37)38)35-25(24)33-16(2)18-4-3-5-18/h6-12,14,16,18H,3-5,13H2,1-2H3,(H,37,38)(H,33,34,35)/t16-/m1/s1. The Kier molecular flexibility index (Phi) is 6.92. The van der Waals surface area contributed by atoms with Crippen molar-refractivity contribution in [1.29, 1.82) is 0 Å². The molecule has 2 heterocycles. The van der Waals surface area contributed by atoms with Crippen LogP contribution in [0.1, 0.15) is 42.9 Å². The lowest BCUT2D eigenvalue weighted by Crippen LogP contribution is -2.31. The Morgan fingerprint density at radius 2 is 1.87 bits per heavy atom. The highest BCUT2D eigenvalue weighted by Gasteiger charge is 2.30. The predicted octanol–water partition coefficient (Wildman–Crippen LogP) is 7.27. The van der Waals surface area contributed by atoms with Crippen LogP contribution in [-0.4, -0.2) is 31.8 Å². The smallest absolute Gasteiger partial charge is 0.449 e. The molecule has 0 amide bonds. The van der Waals surface area contributed by atoms with Gasteiger partial charge in [0.1, 0.15) is 16.9 Å². The molecule has 2 aromatic carbocycles. The summed E-state index contributed by atoms with van der Waals surface area (Å²) in [4.78, 5) is 20.0. The lowest BCUT2D eigenvalue weighted by molar-refractivity contribution is -0.137. The Labute approximate surface area is 221 Å². The Bertz CT molecular complexity index is 1530. The predicted molar refractivity (Wildman–Crippen MR) is 137 cm³/mol. The normalized spacial score (nSPS) is 14.7. The molecule has 204 valence electrons. The fourth-order valence-corrected chi connectivity index (χ4v) is 4.84. The molecule has 4 aromatic rings. The van der Waals surface area contributed by atoms with E-state index in [2.05, 4.69) is 15.3 Å². The lowest BCUT2D eigenvalue weighted by atomic mass is 9.80. The first-order valence-electron chi connectivity index (χ1n) is 12.5. The van der Waals surface area contributed by atoms with Gasteiger partial charge in [0, 0.05) is 29.9 Å². The van der Waals surface area contributed by atoms with E-state index >= 15 is 4.39 Å². The lowest BCUT2D eigenvalue weighted by Gasteiger charge is -2.32. The minimum absolute atomic E-state index is 0.0110. The number of aryl methyl sites for hydroxylation is 1. The van der Waals surface area contributed by atoms with Gasteiger partial charge in [0.2, 0.25) is 0 Å².